The fourth-order valence-corrected chi connectivity index (χ4v) is 2.20. The summed E-state index contributed by atoms with van der Waals surface area (Å²) in [4.78, 5) is 11.9. The number of hydrogen-bond donors (Lipinski definition) is 2. The SMILES string of the molecule is CC(C)(CNC(=O)c1cc(C(F)(F)F)[nH]n1)Cc1ccccc1. The molecule has 0 radical (unpaired) electrons. The van der Waals surface area contributed by atoms with Crippen molar-refractivity contribution in [1.29, 1.82) is 0 Å². The first-order chi connectivity index (χ1) is 10.7. The number of nitrogens with zero attached hydrogens (tertiary/aromatic N) is 1. The van der Waals surface area contributed by atoms with Gasteiger partial charge in [-0.15, -0.1) is 0 Å². The van der Waals surface area contributed by atoms with Gasteiger partial charge in [-0.25, -0.2) is 0 Å². The van der Waals surface area contributed by atoms with Crippen molar-refractivity contribution in [3.63, 3.8) is 0 Å². The van der Waals surface area contributed by atoms with Gasteiger partial charge in [0.25, 0.3) is 5.91 Å². The number of aromatic amines is 1. The molecule has 0 spiro atoms. The van der Waals surface area contributed by atoms with Crippen LogP contribution in [0.15, 0.2) is 36.4 Å². The third-order valence-electron chi connectivity index (χ3n) is 3.37. The summed E-state index contributed by atoms with van der Waals surface area (Å²) in [5.41, 5.74) is -0.412. The van der Waals surface area contributed by atoms with Crippen LogP contribution < -0.4 is 5.32 Å². The quantitative estimate of drug-likeness (QED) is 0.885. The van der Waals surface area contributed by atoms with Gasteiger partial charge in [-0.1, -0.05) is 44.2 Å². The molecule has 0 bridgehead atoms. The van der Waals surface area contributed by atoms with Gasteiger partial charge in [0.1, 0.15) is 5.69 Å². The summed E-state index contributed by atoms with van der Waals surface area (Å²) < 4.78 is 37.4. The Kier molecular flexibility index (Phi) is 4.77. The molecule has 124 valence electrons. The van der Waals surface area contributed by atoms with Gasteiger partial charge < -0.3 is 5.32 Å². The van der Waals surface area contributed by atoms with Crippen LogP contribution in [0.2, 0.25) is 0 Å². The molecule has 0 saturated heterocycles. The van der Waals surface area contributed by atoms with E-state index in [9.17, 15) is 18.0 Å². The van der Waals surface area contributed by atoms with Gasteiger partial charge in [-0.2, -0.15) is 18.3 Å². The van der Waals surface area contributed by atoms with Crippen LogP contribution in [0.1, 0.15) is 35.6 Å². The monoisotopic (exact) mass is 325 g/mol. The molecule has 1 amide bonds. The zero-order valence-electron chi connectivity index (χ0n) is 12.9. The molecule has 1 aromatic heterocycles. The van der Waals surface area contributed by atoms with E-state index < -0.39 is 17.8 Å². The number of hydrogen-bond acceptors (Lipinski definition) is 2. The Hall–Kier alpha value is -2.31. The summed E-state index contributed by atoms with van der Waals surface area (Å²) >= 11 is 0. The number of nitrogens with one attached hydrogen (secondary N) is 2. The Labute approximate surface area is 132 Å². The highest BCUT2D eigenvalue weighted by molar-refractivity contribution is 5.92. The van der Waals surface area contributed by atoms with Gasteiger partial charge in [0, 0.05) is 12.6 Å². The first kappa shape index (κ1) is 17.1. The summed E-state index contributed by atoms with van der Waals surface area (Å²) in [6.45, 7) is 4.28. The number of alkyl halides is 3. The van der Waals surface area contributed by atoms with Gasteiger partial charge in [-0.3, -0.25) is 9.89 Å². The first-order valence-corrected chi connectivity index (χ1v) is 7.12. The number of amides is 1. The highest BCUT2D eigenvalue weighted by atomic mass is 19.4. The Morgan fingerprint density at radius 2 is 1.87 bits per heavy atom. The predicted molar refractivity (Wildman–Crippen MR) is 79.8 cm³/mol. The van der Waals surface area contributed by atoms with Crippen molar-refractivity contribution in [3.05, 3.63) is 53.3 Å². The maximum atomic E-state index is 12.5. The molecule has 7 heteroatoms. The summed E-state index contributed by atoms with van der Waals surface area (Å²) in [5, 5.41) is 7.87. The van der Waals surface area contributed by atoms with E-state index in [0.717, 1.165) is 12.0 Å². The van der Waals surface area contributed by atoms with E-state index in [1.54, 1.807) is 0 Å². The molecule has 2 aromatic rings. The number of rotatable bonds is 5. The third-order valence-corrected chi connectivity index (χ3v) is 3.37. The molecule has 0 unspecified atom stereocenters. The highest BCUT2D eigenvalue weighted by Crippen LogP contribution is 2.27. The molecule has 0 saturated carbocycles. The van der Waals surface area contributed by atoms with Crippen LogP contribution in [0.5, 0.6) is 0 Å². The number of benzene rings is 1. The van der Waals surface area contributed by atoms with Crippen molar-refractivity contribution in [2.24, 2.45) is 5.41 Å². The van der Waals surface area contributed by atoms with E-state index in [2.05, 4.69) is 10.4 Å². The van der Waals surface area contributed by atoms with E-state index in [-0.39, 0.29) is 11.1 Å². The summed E-state index contributed by atoms with van der Waals surface area (Å²) in [6.07, 6.45) is -3.80. The highest BCUT2D eigenvalue weighted by Gasteiger charge is 2.34. The zero-order valence-corrected chi connectivity index (χ0v) is 12.9. The molecule has 4 nitrogen and oxygen atoms in total. The standard InChI is InChI=1S/C16H18F3N3O/c1-15(2,9-11-6-4-3-5-7-11)10-20-14(23)12-8-13(22-21-12)16(17,18)19/h3-8H,9-10H2,1-2H3,(H,20,23)(H,21,22). The Bertz CT molecular complexity index is 663. The fraction of sp³-hybridized carbons (Fsp3) is 0.375. The molecular weight excluding hydrogens is 307 g/mol. The second kappa shape index (κ2) is 6.44. The van der Waals surface area contributed by atoms with E-state index in [1.807, 2.05) is 49.3 Å². The summed E-state index contributed by atoms with van der Waals surface area (Å²) in [7, 11) is 0. The van der Waals surface area contributed by atoms with E-state index in [0.29, 0.717) is 12.6 Å². The van der Waals surface area contributed by atoms with Gasteiger partial charge in [-0.05, 0) is 17.4 Å². The van der Waals surface area contributed by atoms with E-state index >= 15 is 0 Å². The largest absolute Gasteiger partial charge is 0.432 e. The maximum Gasteiger partial charge on any atom is 0.432 e. The van der Waals surface area contributed by atoms with Crippen molar-refractivity contribution in [2.75, 3.05) is 6.54 Å². The van der Waals surface area contributed by atoms with Crippen LogP contribution >= 0.6 is 0 Å². The summed E-state index contributed by atoms with van der Waals surface area (Å²) in [5.74, 6) is -0.627. The van der Waals surface area contributed by atoms with Crippen molar-refractivity contribution in [2.45, 2.75) is 26.4 Å². The second-order valence-corrected chi connectivity index (χ2v) is 6.17. The van der Waals surface area contributed by atoms with Crippen molar-refractivity contribution >= 4 is 5.91 Å². The number of carbonyl (C=O) groups excluding carboxylic acids is 1. The molecule has 1 aromatic carbocycles. The first-order valence-electron chi connectivity index (χ1n) is 7.12. The average Bonchev–Trinajstić information content (AvgIpc) is 2.95. The van der Waals surface area contributed by atoms with Gasteiger partial charge in [0.05, 0.1) is 0 Å². The minimum atomic E-state index is -4.54. The lowest BCUT2D eigenvalue weighted by molar-refractivity contribution is -0.141. The fourth-order valence-electron chi connectivity index (χ4n) is 2.20. The van der Waals surface area contributed by atoms with Crippen LogP contribution in [0.4, 0.5) is 13.2 Å². The number of H-pyrrole nitrogens is 1. The molecule has 2 rings (SSSR count). The van der Waals surface area contributed by atoms with Crippen LogP contribution in [-0.4, -0.2) is 22.6 Å². The maximum absolute atomic E-state index is 12.5. The molecular formula is C16H18F3N3O. The molecule has 0 fully saturated rings. The van der Waals surface area contributed by atoms with Gasteiger partial charge in [0.2, 0.25) is 0 Å². The van der Waals surface area contributed by atoms with E-state index in [1.165, 1.54) is 0 Å². The summed E-state index contributed by atoms with van der Waals surface area (Å²) in [6, 6.07) is 10.5. The molecule has 0 aliphatic heterocycles. The molecule has 0 atom stereocenters. The van der Waals surface area contributed by atoms with Crippen LogP contribution in [0, 0.1) is 5.41 Å². The topological polar surface area (TPSA) is 57.8 Å². The molecule has 0 aliphatic rings. The number of carbonyl (C=O) groups is 1. The number of aromatic nitrogens is 2. The minimum Gasteiger partial charge on any atom is -0.350 e. The second-order valence-electron chi connectivity index (χ2n) is 6.17. The normalized spacial score (nSPS) is 12.2. The molecule has 23 heavy (non-hydrogen) atoms. The lowest BCUT2D eigenvalue weighted by Crippen LogP contribution is -2.35. The molecule has 2 N–H and O–H groups in total. The molecule has 1 heterocycles. The lowest BCUT2D eigenvalue weighted by atomic mass is 9.85. The smallest absolute Gasteiger partial charge is 0.350 e. The van der Waals surface area contributed by atoms with Crippen molar-refractivity contribution in [3.8, 4) is 0 Å². The third kappa shape index (κ3) is 4.84. The predicted octanol–water partition coefficient (Wildman–Crippen LogP) is 3.43. The average molecular weight is 325 g/mol. The van der Waals surface area contributed by atoms with Crippen LogP contribution in [0.3, 0.4) is 0 Å². The number of halogens is 3. The zero-order chi connectivity index (χ0) is 17.1. The van der Waals surface area contributed by atoms with Gasteiger partial charge >= 0.3 is 6.18 Å². The van der Waals surface area contributed by atoms with Gasteiger partial charge in [0.15, 0.2) is 5.69 Å². The van der Waals surface area contributed by atoms with E-state index in [4.69, 9.17) is 0 Å². The Morgan fingerprint density at radius 1 is 1.22 bits per heavy atom. The van der Waals surface area contributed by atoms with Crippen LogP contribution in [0.25, 0.3) is 0 Å². The Morgan fingerprint density at radius 3 is 2.43 bits per heavy atom. The lowest BCUT2D eigenvalue weighted by Gasteiger charge is -2.25. The van der Waals surface area contributed by atoms with Crippen molar-refractivity contribution in [1.82, 2.24) is 15.5 Å². The minimum absolute atomic E-state index is 0.236. The van der Waals surface area contributed by atoms with Crippen molar-refractivity contribution < 1.29 is 18.0 Å². The Balaban J connectivity index is 1.94. The van der Waals surface area contributed by atoms with Crippen LogP contribution in [-0.2, 0) is 12.6 Å². The molecule has 0 aliphatic carbocycles.